The van der Waals surface area contributed by atoms with Crippen LogP contribution < -0.4 is 4.74 Å². The molecule has 11 heavy (non-hydrogen) atoms. The molecule has 0 unspecified atom stereocenters. The Bertz CT molecular complexity index is 175. The van der Waals surface area contributed by atoms with Gasteiger partial charge in [-0.05, 0) is 17.7 Å². The molecule has 1 rings (SSSR count). The van der Waals surface area contributed by atoms with Gasteiger partial charge in [-0.3, -0.25) is 0 Å². The Balaban J connectivity index is 0.000001000. The van der Waals surface area contributed by atoms with Gasteiger partial charge in [-0.15, -0.1) is 11.6 Å². The topological polar surface area (TPSA) is 9.23 Å². The molecule has 0 aliphatic rings. The van der Waals surface area contributed by atoms with E-state index < -0.39 is 0 Å². The second-order valence-corrected chi connectivity index (χ2v) is 2.25. The van der Waals surface area contributed by atoms with Crippen LogP contribution in [0, 0.1) is 0 Å². The summed E-state index contributed by atoms with van der Waals surface area (Å²) in [5.41, 5.74) is 1.11. The molecular weight excluding hydrogens is 348 g/mol. The molecule has 0 atom stereocenters. The number of methoxy groups -OCH3 is 1. The number of hydrogen-bond acceptors (Lipinski definition) is 1. The van der Waals surface area contributed by atoms with Crippen LogP contribution in [-0.4, -0.2) is 7.11 Å². The van der Waals surface area contributed by atoms with Gasteiger partial charge in [-0.2, -0.15) is 0 Å². The van der Waals surface area contributed by atoms with Crippen molar-refractivity contribution in [1.82, 2.24) is 0 Å². The van der Waals surface area contributed by atoms with Crippen LogP contribution in [0.4, 0.5) is 0 Å². The van der Waals surface area contributed by atoms with Crippen molar-refractivity contribution in [2.45, 2.75) is 5.88 Å². The molecule has 54 valence electrons. The summed E-state index contributed by atoms with van der Waals surface area (Å²) < 4.78 is 4.97. The molecule has 0 N–H and O–H groups in total. The van der Waals surface area contributed by atoms with E-state index in [9.17, 15) is 0 Å². The molecule has 0 amide bonds. The quantitative estimate of drug-likeness (QED) is 0.584. The number of rotatable bonds is 2. The van der Waals surface area contributed by atoms with Crippen LogP contribution >= 0.6 is 11.6 Å². The van der Waals surface area contributed by atoms with E-state index in [4.69, 9.17) is 16.3 Å². The maximum absolute atomic E-state index is 5.58. The van der Waals surface area contributed by atoms with Crippen LogP contribution in [0.2, 0.25) is 0 Å². The van der Waals surface area contributed by atoms with Crippen molar-refractivity contribution in [3.63, 3.8) is 0 Å². The third-order valence-electron chi connectivity index (χ3n) is 1.31. The van der Waals surface area contributed by atoms with E-state index in [1.165, 1.54) is 0 Å². The van der Waals surface area contributed by atoms with E-state index in [0.717, 1.165) is 11.3 Å². The van der Waals surface area contributed by atoms with Crippen molar-refractivity contribution in [2.75, 3.05) is 7.11 Å². The first-order chi connectivity index (χ1) is 4.86. The van der Waals surface area contributed by atoms with Gasteiger partial charge >= 0.3 is 27.7 Å². The van der Waals surface area contributed by atoms with Crippen LogP contribution in [0.5, 0.6) is 5.75 Å². The Kier molecular flexibility index (Phi) is 5.97. The summed E-state index contributed by atoms with van der Waals surface area (Å²) in [6.45, 7) is 0. The van der Waals surface area contributed by atoms with Gasteiger partial charge in [0.15, 0.2) is 0 Å². The van der Waals surface area contributed by atoms with Crippen LogP contribution in [0.25, 0.3) is 0 Å². The Morgan fingerprint density at radius 3 is 2.18 bits per heavy atom. The molecule has 0 saturated heterocycles. The Morgan fingerprint density at radius 1 is 1.27 bits per heavy atom. The second-order valence-electron chi connectivity index (χ2n) is 1.98. The van der Waals surface area contributed by atoms with Crippen molar-refractivity contribution in [3.05, 3.63) is 29.8 Å². The van der Waals surface area contributed by atoms with Gasteiger partial charge in [-0.1, -0.05) is 12.1 Å². The number of ether oxygens (including phenoxy) is 1. The maximum atomic E-state index is 5.58. The Hall–Kier alpha value is 0.245. The van der Waals surface area contributed by atoms with Gasteiger partial charge in [0.2, 0.25) is 0 Å². The average Bonchev–Trinajstić information content (AvgIpc) is 2.05. The normalized spacial score (nSPS) is 8.55. The molecule has 0 aliphatic carbocycles. The van der Waals surface area contributed by atoms with E-state index in [0.29, 0.717) is 5.88 Å². The molecule has 0 spiro atoms. The Morgan fingerprint density at radius 2 is 1.82 bits per heavy atom. The third kappa shape index (κ3) is 3.43. The molecule has 0 saturated carbocycles. The third-order valence-corrected chi connectivity index (χ3v) is 1.62. The number of halogens is 1. The summed E-state index contributed by atoms with van der Waals surface area (Å²) >= 11 is 5.58. The number of hydrogen-bond donors (Lipinski definition) is 0. The molecule has 0 radical (unpaired) electrons. The van der Waals surface area contributed by atoms with Crippen LogP contribution in [0.3, 0.4) is 0 Å². The van der Waals surface area contributed by atoms with Crippen LogP contribution in [-0.2, 0) is 33.5 Å². The maximum Gasteiger partial charge on any atom is 2.00 e. The number of benzene rings is 1. The van der Waals surface area contributed by atoms with Gasteiger partial charge < -0.3 is 4.74 Å². The molecule has 1 aromatic rings. The van der Waals surface area contributed by atoms with Gasteiger partial charge in [0.1, 0.15) is 5.75 Å². The minimum Gasteiger partial charge on any atom is -0.497 e. The fraction of sp³-hybridized carbons (Fsp3) is 0.250. The molecule has 0 fully saturated rings. The zero-order chi connectivity index (χ0) is 7.40. The van der Waals surface area contributed by atoms with Crippen LogP contribution in [0.1, 0.15) is 5.56 Å². The standard InChI is InChI=1S/C8H9ClO.Hg/c1-10-8-4-2-7(6-9)3-5-8;/h2-5H,6H2,1H3;/q;+2. The van der Waals surface area contributed by atoms with Gasteiger partial charge in [0.25, 0.3) is 0 Å². The predicted molar refractivity (Wildman–Crippen MR) is 42.6 cm³/mol. The fourth-order valence-corrected chi connectivity index (χ4v) is 0.893. The summed E-state index contributed by atoms with van der Waals surface area (Å²) in [4.78, 5) is 0. The zero-order valence-electron chi connectivity index (χ0n) is 6.51. The minimum atomic E-state index is 0. The smallest absolute Gasteiger partial charge is 0.497 e. The summed E-state index contributed by atoms with van der Waals surface area (Å²) in [6.07, 6.45) is 0. The second kappa shape index (κ2) is 5.84. The number of alkyl halides is 1. The molecule has 1 aromatic carbocycles. The molecule has 3 heteroatoms. The zero-order valence-corrected chi connectivity index (χ0v) is 12.8. The van der Waals surface area contributed by atoms with Crippen molar-refractivity contribution >= 4 is 11.6 Å². The van der Waals surface area contributed by atoms with E-state index >= 15 is 0 Å². The summed E-state index contributed by atoms with van der Waals surface area (Å²) in [7, 11) is 1.65. The largest absolute Gasteiger partial charge is 2.00 e. The van der Waals surface area contributed by atoms with Crippen molar-refractivity contribution < 1.29 is 32.4 Å². The van der Waals surface area contributed by atoms with Crippen LogP contribution in [0.15, 0.2) is 24.3 Å². The van der Waals surface area contributed by atoms with Crippen molar-refractivity contribution in [3.8, 4) is 5.75 Å². The summed E-state index contributed by atoms with van der Waals surface area (Å²) in [5, 5.41) is 0. The average molecular weight is 357 g/mol. The van der Waals surface area contributed by atoms with E-state index in [1.807, 2.05) is 24.3 Å². The molecular formula is C8H9ClHgO+2. The molecule has 0 heterocycles. The Labute approximate surface area is 92.2 Å². The SMILES string of the molecule is COc1ccc(CCl)cc1.[Hg+2]. The van der Waals surface area contributed by atoms with E-state index in [-0.39, 0.29) is 27.7 Å². The summed E-state index contributed by atoms with van der Waals surface area (Å²) in [6, 6.07) is 7.70. The molecule has 0 bridgehead atoms. The fourth-order valence-electron chi connectivity index (χ4n) is 0.715. The minimum absolute atomic E-state index is 0. The van der Waals surface area contributed by atoms with Crippen molar-refractivity contribution in [2.24, 2.45) is 0 Å². The van der Waals surface area contributed by atoms with E-state index in [2.05, 4.69) is 0 Å². The first-order valence-electron chi connectivity index (χ1n) is 3.05. The van der Waals surface area contributed by atoms with E-state index in [1.54, 1.807) is 7.11 Å². The van der Waals surface area contributed by atoms with Crippen molar-refractivity contribution in [1.29, 1.82) is 0 Å². The first kappa shape index (κ1) is 11.2. The first-order valence-corrected chi connectivity index (χ1v) is 3.59. The van der Waals surface area contributed by atoms with Gasteiger partial charge in [-0.25, -0.2) is 0 Å². The monoisotopic (exact) mass is 358 g/mol. The predicted octanol–water partition coefficient (Wildman–Crippen LogP) is 2.43. The summed E-state index contributed by atoms with van der Waals surface area (Å²) in [5.74, 6) is 1.43. The van der Waals surface area contributed by atoms with Gasteiger partial charge in [0.05, 0.1) is 7.11 Å². The molecule has 0 aliphatic heterocycles. The van der Waals surface area contributed by atoms with Gasteiger partial charge in [0, 0.05) is 5.88 Å². The molecule has 0 aromatic heterocycles. The molecule has 1 nitrogen and oxygen atoms in total.